The van der Waals surface area contributed by atoms with Gasteiger partial charge in [-0.3, -0.25) is 4.68 Å². The Labute approximate surface area is 98.3 Å². The van der Waals surface area contributed by atoms with Gasteiger partial charge in [0.25, 0.3) is 0 Å². The molecular weight excluding hydrogens is 223 g/mol. The van der Waals surface area contributed by atoms with Crippen molar-refractivity contribution >= 4 is 0 Å². The Morgan fingerprint density at radius 1 is 1.47 bits per heavy atom. The quantitative estimate of drug-likeness (QED) is 0.878. The van der Waals surface area contributed by atoms with Crippen LogP contribution < -0.4 is 4.74 Å². The van der Waals surface area contributed by atoms with Gasteiger partial charge in [-0.25, -0.2) is 4.39 Å². The zero-order valence-corrected chi connectivity index (χ0v) is 9.43. The summed E-state index contributed by atoms with van der Waals surface area (Å²) in [5.41, 5.74) is 1.41. The third kappa shape index (κ3) is 2.45. The topological polar surface area (TPSA) is 47.3 Å². The van der Waals surface area contributed by atoms with Crippen LogP contribution in [-0.2, 0) is 6.54 Å². The molecule has 1 aromatic heterocycles. The number of aromatic nitrogens is 2. The summed E-state index contributed by atoms with van der Waals surface area (Å²) in [7, 11) is 1.54. The minimum absolute atomic E-state index is 0.0153. The molecule has 17 heavy (non-hydrogen) atoms. The van der Waals surface area contributed by atoms with Gasteiger partial charge in [0.15, 0.2) is 0 Å². The molecule has 0 amide bonds. The van der Waals surface area contributed by atoms with Crippen LogP contribution in [0.3, 0.4) is 0 Å². The van der Waals surface area contributed by atoms with Crippen molar-refractivity contribution in [2.45, 2.75) is 6.54 Å². The van der Waals surface area contributed by atoms with Crippen molar-refractivity contribution in [3.05, 3.63) is 36.4 Å². The van der Waals surface area contributed by atoms with Crippen LogP contribution in [0.15, 0.2) is 30.6 Å². The second-order valence-electron chi connectivity index (χ2n) is 3.56. The number of hydrogen-bond acceptors (Lipinski definition) is 3. The number of aliphatic hydroxyl groups excluding tert-OH is 1. The van der Waals surface area contributed by atoms with E-state index < -0.39 is 0 Å². The lowest BCUT2D eigenvalue weighted by atomic mass is 10.1. The van der Waals surface area contributed by atoms with E-state index in [0.29, 0.717) is 17.9 Å². The fourth-order valence-electron chi connectivity index (χ4n) is 1.63. The molecule has 0 aliphatic heterocycles. The van der Waals surface area contributed by atoms with Crippen LogP contribution in [0, 0.1) is 5.82 Å². The Morgan fingerprint density at radius 2 is 2.29 bits per heavy atom. The van der Waals surface area contributed by atoms with E-state index in [9.17, 15) is 4.39 Å². The van der Waals surface area contributed by atoms with Gasteiger partial charge in [-0.1, -0.05) is 0 Å². The van der Waals surface area contributed by atoms with Crippen molar-refractivity contribution in [1.82, 2.24) is 9.78 Å². The second kappa shape index (κ2) is 4.97. The van der Waals surface area contributed by atoms with E-state index in [1.807, 2.05) is 0 Å². The van der Waals surface area contributed by atoms with Gasteiger partial charge in [-0.05, 0) is 18.2 Å². The van der Waals surface area contributed by atoms with Crippen molar-refractivity contribution in [3.8, 4) is 16.9 Å². The molecule has 1 heterocycles. The molecule has 4 nitrogen and oxygen atoms in total. The van der Waals surface area contributed by atoms with Crippen LogP contribution >= 0.6 is 0 Å². The van der Waals surface area contributed by atoms with Crippen molar-refractivity contribution in [2.75, 3.05) is 13.7 Å². The fourth-order valence-corrected chi connectivity index (χ4v) is 1.63. The number of aliphatic hydroxyl groups is 1. The Bertz CT molecular complexity index is 511. The Kier molecular flexibility index (Phi) is 3.39. The zero-order valence-electron chi connectivity index (χ0n) is 9.43. The molecule has 0 spiro atoms. The molecule has 0 fully saturated rings. The number of benzene rings is 1. The number of nitrogens with zero attached hydrogens (tertiary/aromatic N) is 2. The van der Waals surface area contributed by atoms with Crippen LogP contribution in [0.1, 0.15) is 0 Å². The summed E-state index contributed by atoms with van der Waals surface area (Å²) < 4.78 is 20.0. The Morgan fingerprint density at radius 3 is 3.00 bits per heavy atom. The first-order chi connectivity index (χ1) is 8.24. The standard InChI is InChI=1S/C12H13FN2O2/c1-17-12-3-2-10(13)6-11(12)9-7-14-15(8-9)4-5-16/h2-3,6-8,16H,4-5H2,1H3. The number of ether oxygens (including phenoxy) is 1. The summed E-state index contributed by atoms with van der Waals surface area (Å²) >= 11 is 0. The molecule has 0 aliphatic rings. The largest absolute Gasteiger partial charge is 0.496 e. The van der Waals surface area contributed by atoms with E-state index >= 15 is 0 Å². The molecule has 0 unspecified atom stereocenters. The van der Waals surface area contributed by atoms with Crippen LogP contribution in [0.5, 0.6) is 5.75 Å². The van der Waals surface area contributed by atoms with Gasteiger partial charge in [0, 0.05) is 17.3 Å². The van der Waals surface area contributed by atoms with Gasteiger partial charge < -0.3 is 9.84 Å². The van der Waals surface area contributed by atoms with Crippen molar-refractivity contribution < 1.29 is 14.2 Å². The van der Waals surface area contributed by atoms with E-state index in [2.05, 4.69) is 5.10 Å². The molecule has 90 valence electrons. The molecule has 0 radical (unpaired) electrons. The third-order valence-electron chi connectivity index (χ3n) is 2.43. The molecule has 1 aromatic carbocycles. The van der Waals surface area contributed by atoms with Gasteiger partial charge >= 0.3 is 0 Å². The molecule has 0 aliphatic carbocycles. The Hall–Kier alpha value is -1.88. The molecular formula is C12H13FN2O2. The molecule has 0 saturated carbocycles. The minimum atomic E-state index is -0.323. The van der Waals surface area contributed by atoms with Crippen LogP contribution in [0.2, 0.25) is 0 Å². The molecule has 0 atom stereocenters. The van der Waals surface area contributed by atoms with E-state index in [-0.39, 0.29) is 12.4 Å². The average Bonchev–Trinajstić information content (AvgIpc) is 2.78. The van der Waals surface area contributed by atoms with Gasteiger partial charge in [0.05, 0.1) is 26.5 Å². The highest BCUT2D eigenvalue weighted by Crippen LogP contribution is 2.30. The lowest BCUT2D eigenvalue weighted by molar-refractivity contribution is 0.269. The maximum Gasteiger partial charge on any atom is 0.127 e. The highest BCUT2D eigenvalue weighted by molar-refractivity contribution is 5.69. The SMILES string of the molecule is COc1ccc(F)cc1-c1cnn(CCO)c1. The van der Waals surface area contributed by atoms with Crippen molar-refractivity contribution in [3.63, 3.8) is 0 Å². The number of rotatable bonds is 4. The van der Waals surface area contributed by atoms with E-state index in [4.69, 9.17) is 9.84 Å². The van der Waals surface area contributed by atoms with E-state index in [1.165, 1.54) is 19.2 Å². The highest BCUT2D eigenvalue weighted by atomic mass is 19.1. The summed E-state index contributed by atoms with van der Waals surface area (Å²) in [4.78, 5) is 0. The first-order valence-electron chi connectivity index (χ1n) is 5.22. The fraction of sp³-hybridized carbons (Fsp3) is 0.250. The summed E-state index contributed by atoms with van der Waals surface area (Å²) in [5.74, 6) is 0.269. The molecule has 0 bridgehead atoms. The Balaban J connectivity index is 2.40. The van der Waals surface area contributed by atoms with Gasteiger partial charge in [-0.15, -0.1) is 0 Å². The average molecular weight is 236 g/mol. The number of halogens is 1. The highest BCUT2D eigenvalue weighted by Gasteiger charge is 2.09. The van der Waals surface area contributed by atoms with Gasteiger partial charge in [0.1, 0.15) is 11.6 Å². The molecule has 2 rings (SSSR count). The summed E-state index contributed by atoms with van der Waals surface area (Å²) in [6, 6.07) is 4.33. The van der Waals surface area contributed by atoms with Crippen LogP contribution in [-0.4, -0.2) is 28.6 Å². The summed E-state index contributed by atoms with van der Waals surface area (Å²) in [5, 5.41) is 12.9. The molecule has 1 N–H and O–H groups in total. The lowest BCUT2D eigenvalue weighted by Crippen LogP contribution is -2.01. The lowest BCUT2D eigenvalue weighted by Gasteiger charge is -2.06. The summed E-state index contributed by atoms with van der Waals surface area (Å²) in [6.45, 7) is 0.430. The van der Waals surface area contributed by atoms with Crippen LogP contribution in [0.4, 0.5) is 4.39 Å². The van der Waals surface area contributed by atoms with Crippen LogP contribution in [0.25, 0.3) is 11.1 Å². The first kappa shape index (κ1) is 11.6. The van der Waals surface area contributed by atoms with E-state index in [1.54, 1.807) is 23.1 Å². The van der Waals surface area contributed by atoms with E-state index in [0.717, 1.165) is 5.56 Å². The third-order valence-corrected chi connectivity index (χ3v) is 2.43. The number of methoxy groups -OCH3 is 1. The van der Waals surface area contributed by atoms with Crippen molar-refractivity contribution in [1.29, 1.82) is 0 Å². The normalized spacial score (nSPS) is 10.5. The predicted molar refractivity (Wildman–Crippen MR) is 61.3 cm³/mol. The molecule has 0 saturated heterocycles. The minimum Gasteiger partial charge on any atom is -0.496 e. The monoisotopic (exact) mass is 236 g/mol. The number of hydrogen-bond donors (Lipinski definition) is 1. The van der Waals surface area contributed by atoms with Gasteiger partial charge in [0.2, 0.25) is 0 Å². The molecule has 5 heteroatoms. The first-order valence-corrected chi connectivity index (χ1v) is 5.22. The molecule has 2 aromatic rings. The zero-order chi connectivity index (χ0) is 12.3. The maximum absolute atomic E-state index is 13.2. The maximum atomic E-state index is 13.2. The summed E-state index contributed by atoms with van der Waals surface area (Å²) in [6.07, 6.45) is 3.36. The smallest absolute Gasteiger partial charge is 0.127 e. The van der Waals surface area contributed by atoms with Crippen molar-refractivity contribution in [2.24, 2.45) is 0 Å². The second-order valence-corrected chi connectivity index (χ2v) is 3.56. The predicted octanol–water partition coefficient (Wildman–Crippen LogP) is 1.69. The van der Waals surface area contributed by atoms with Gasteiger partial charge in [-0.2, -0.15) is 5.10 Å².